The highest BCUT2D eigenvalue weighted by molar-refractivity contribution is 6.09. The van der Waals surface area contributed by atoms with Gasteiger partial charge in [-0.3, -0.25) is 19.6 Å². The molecule has 0 bridgehead atoms. The molecule has 0 saturated heterocycles. The third-order valence-electron chi connectivity index (χ3n) is 3.96. The second-order valence-corrected chi connectivity index (χ2v) is 5.83. The van der Waals surface area contributed by atoms with Gasteiger partial charge in [0.1, 0.15) is 17.0 Å². The van der Waals surface area contributed by atoms with Crippen LogP contribution in [0, 0.1) is 0 Å². The average Bonchev–Trinajstić information content (AvgIpc) is 3.17. The van der Waals surface area contributed by atoms with Crippen LogP contribution in [0.5, 0.6) is 5.75 Å². The first-order valence-corrected chi connectivity index (χ1v) is 8.62. The van der Waals surface area contributed by atoms with Crippen LogP contribution < -0.4 is 15.4 Å². The molecule has 0 aliphatic heterocycles. The predicted molar refractivity (Wildman–Crippen MR) is 108 cm³/mol. The van der Waals surface area contributed by atoms with Crippen molar-refractivity contribution in [2.24, 2.45) is 4.99 Å². The third-order valence-corrected chi connectivity index (χ3v) is 3.96. The van der Waals surface area contributed by atoms with E-state index in [2.05, 4.69) is 25.6 Å². The quantitative estimate of drug-likeness (QED) is 0.490. The number of nitrogens with zero attached hydrogens (tertiary/aromatic N) is 3. The van der Waals surface area contributed by atoms with Gasteiger partial charge < -0.3 is 19.8 Å². The second-order valence-electron chi connectivity index (χ2n) is 5.83. The lowest BCUT2D eigenvalue weighted by molar-refractivity contribution is -0.116. The summed E-state index contributed by atoms with van der Waals surface area (Å²) in [6, 6.07) is 6.67. The number of hydrogen-bond acceptors (Lipinski definition) is 7. The average molecular weight is 393 g/mol. The molecule has 3 aromatic rings. The number of aromatic nitrogens is 2. The van der Waals surface area contributed by atoms with E-state index < -0.39 is 0 Å². The molecule has 148 valence electrons. The zero-order chi connectivity index (χ0) is 20.8. The molecule has 0 atom stereocenters. The third kappa shape index (κ3) is 4.64. The minimum absolute atomic E-state index is 0.265. The summed E-state index contributed by atoms with van der Waals surface area (Å²) in [7, 11) is 4.62. The minimum Gasteiger partial charge on any atom is -0.495 e. The fourth-order valence-corrected chi connectivity index (χ4v) is 2.45. The Bertz CT molecular complexity index is 1120. The number of carbonyl (C=O) groups is 2. The zero-order valence-corrected chi connectivity index (χ0v) is 16.1. The molecule has 3 rings (SSSR count). The zero-order valence-electron chi connectivity index (χ0n) is 16.1. The van der Waals surface area contributed by atoms with Crippen LogP contribution in [-0.2, 0) is 4.79 Å². The van der Waals surface area contributed by atoms with Crippen molar-refractivity contribution in [2.45, 2.75) is 0 Å². The SMILES string of the molecule is CN=C(/C=C\C(=O)NC)c1nc2cc(NC(=O)c3cncc(OC)c3)ccc2o1. The summed E-state index contributed by atoms with van der Waals surface area (Å²) in [6.07, 6.45) is 5.83. The number of allylic oxidation sites excluding steroid dienone is 1. The number of pyridine rings is 1. The van der Waals surface area contributed by atoms with Gasteiger partial charge in [-0.15, -0.1) is 0 Å². The van der Waals surface area contributed by atoms with Crippen LogP contribution in [0.1, 0.15) is 16.2 Å². The fraction of sp³-hybridized carbons (Fsp3) is 0.150. The van der Waals surface area contributed by atoms with E-state index in [0.717, 1.165) is 0 Å². The summed E-state index contributed by atoms with van der Waals surface area (Å²) in [6.45, 7) is 0. The van der Waals surface area contributed by atoms with Crippen molar-refractivity contribution in [2.75, 3.05) is 26.5 Å². The Kier molecular flexibility index (Phi) is 5.98. The first-order valence-electron chi connectivity index (χ1n) is 8.62. The van der Waals surface area contributed by atoms with Gasteiger partial charge in [0, 0.05) is 32.1 Å². The summed E-state index contributed by atoms with van der Waals surface area (Å²) < 4.78 is 10.8. The number of rotatable bonds is 6. The Morgan fingerprint density at radius 2 is 2.03 bits per heavy atom. The number of ether oxygens (including phenoxy) is 1. The molecule has 1 aromatic carbocycles. The van der Waals surface area contributed by atoms with E-state index >= 15 is 0 Å². The van der Waals surface area contributed by atoms with Gasteiger partial charge in [0.05, 0.1) is 18.9 Å². The predicted octanol–water partition coefficient (Wildman–Crippen LogP) is 2.20. The number of aliphatic imine (C=N–C) groups is 1. The maximum absolute atomic E-state index is 12.4. The molecule has 0 fully saturated rings. The number of methoxy groups -OCH3 is 1. The first-order chi connectivity index (χ1) is 14.0. The molecule has 2 amide bonds. The maximum atomic E-state index is 12.4. The molecule has 9 heteroatoms. The molecule has 9 nitrogen and oxygen atoms in total. The smallest absolute Gasteiger partial charge is 0.257 e. The van der Waals surface area contributed by atoms with Crippen molar-refractivity contribution in [1.29, 1.82) is 0 Å². The van der Waals surface area contributed by atoms with Crippen molar-refractivity contribution < 1.29 is 18.7 Å². The van der Waals surface area contributed by atoms with Gasteiger partial charge in [0.15, 0.2) is 5.58 Å². The van der Waals surface area contributed by atoms with E-state index in [4.69, 9.17) is 9.15 Å². The highest BCUT2D eigenvalue weighted by Crippen LogP contribution is 2.21. The number of anilines is 1. The number of hydrogen-bond donors (Lipinski definition) is 2. The van der Waals surface area contributed by atoms with Gasteiger partial charge in [0.2, 0.25) is 11.8 Å². The molecule has 2 aromatic heterocycles. The monoisotopic (exact) mass is 393 g/mol. The maximum Gasteiger partial charge on any atom is 0.257 e. The number of carbonyl (C=O) groups excluding carboxylic acids is 2. The summed E-state index contributed by atoms with van der Waals surface area (Å²) in [4.78, 5) is 36.3. The number of oxazole rings is 1. The van der Waals surface area contributed by atoms with Crippen LogP contribution >= 0.6 is 0 Å². The molecular weight excluding hydrogens is 374 g/mol. The van der Waals surface area contributed by atoms with Crippen LogP contribution in [0.25, 0.3) is 11.1 Å². The van der Waals surface area contributed by atoms with Gasteiger partial charge in [-0.05, 0) is 30.3 Å². The van der Waals surface area contributed by atoms with E-state index in [1.54, 1.807) is 31.3 Å². The van der Waals surface area contributed by atoms with Crippen LogP contribution in [0.15, 0.2) is 58.2 Å². The fourth-order valence-electron chi connectivity index (χ4n) is 2.45. The first kappa shape index (κ1) is 19.7. The molecule has 0 aliphatic rings. The summed E-state index contributed by atoms with van der Waals surface area (Å²) in [5.74, 6) is 0.164. The van der Waals surface area contributed by atoms with Crippen molar-refractivity contribution in [1.82, 2.24) is 15.3 Å². The number of benzene rings is 1. The number of likely N-dealkylation sites (N-methyl/N-ethyl adjacent to an activating group) is 1. The second kappa shape index (κ2) is 8.79. The molecule has 0 unspecified atom stereocenters. The van der Waals surface area contributed by atoms with Crippen molar-refractivity contribution >= 4 is 34.3 Å². The van der Waals surface area contributed by atoms with Crippen molar-refractivity contribution in [3.63, 3.8) is 0 Å². The molecule has 2 heterocycles. The van der Waals surface area contributed by atoms with Crippen molar-refractivity contribution in [3.05, 3.63) is 60.3 Å². The highest BCUT2D eigenvalue weighted by Gasteiger charge is 2.13. The van der Waals surface area contributed by atoms with E-state index in [9.17, 15) is 9.59 Å². The van der Waals surface area contributed by atoms with Gasteiger partial charge in [-0.25, -0.2) is 4.98 Å². The standard InChI is InChI=1S/C20H19N5O4/c1-21-15(5-7-18(26)22-2)20-25-16-9-13(4-6-17(16)29-20)24-19(27)12-8-14(28-3)11-23-10-12/h4-11H,1-3H3,(H,22,26)(H,24,27)/b7-5-,21-15?. The van der Waals surface area contributed by atoms with Gasteiger partial charge in [-0.1, -0.05) is 0 Å². The Morgan fingerprint density at radius 1 is 1.21 bits per heavy atom. The summed E-state index contributed by atoms with van der Waals surface area (Å²) in [5, 5.41) is 5.27. The van der Waals surface area contributed by atoms with Crippen LogP contribution in [0.3, 0.4) is 0 Å². The lowest BCUT2D eigenvalue weighted by atomic mass is 10.2. The Hall–Kier alpha value is -4.01. The van der Waals surface area contributed by atoms with E-state index in [1.165, 1.54) is 38.7 Å². The van der Waals surface area contributed by atoms with Crippen LogP contribution in [0.4, 0.5) is 5.69 Å². The minimum atomic E-state index is -0.330. The van der Waals surface area contributed by atoms with Crippen LogP contribution in [-0.4, -0.2) is 48.7 Å². The van der Waals surface area contributed by atoms with E-state index in [1.807, 2.05) is 0 Å². The Balaban J connectivity index is 1.82. The number of nitrogens with one attached hydrogen (secondary N) is 2. The van der Waals surface area contributed by atoms with E-state index in [0.29, 0.717) is 33.8 Å². The molecule has 29 heavy (non-hydrogen) atoms. The van der Waals surface area contributed by atoms with Crippen LogP contribution in [0.2, 0.25) is 0 Å². The summed E-state index contributed by atoms with van der Waals surface area (Å²) in [5.41, 5.74) is 2.38. The topological polar surface area (TPSA) is 119 Å². The summed E-state index contributed by atoms with van der Waals surface area (Å²) >= 11 is 0. The molecule has 0 spiro atoms. The van der Waals surface area contributed by atoms with E-state index in [-0.39, 0.29) is 17.7 Å². The highest BCUT2D eigenvalue weighted by atomic mass is 16.5. The molecule has 0 saturated carbocycles. The Labute approximate surface area is 166 Å². The van der Waals surface area contributed by atoms with Crippen molar-refractivity contribution in [3.8, 4) is 5.75 Å². The lowest BCUT2D eigenvalue weighted by Crippen LogP contribution is -2.14. The number of amides is 2. The Morgan fingerprint density at radius 3 is 2.76 bits per heavy atom. The molecule has 0 aliphatic carbocycles. The molecular formula is C20H19N5O4. The molecule has 0 radical (unpaired) electrons. The largest absolute Gasteiger partial charge is 0.495 e. The normalized spacial score (nSPS) is 11.6. The number of fused-ring (bicyclic) bond motifs is 1. The van der Waals surface area contributed by atoms with Gasteiger partial charge >= 0.3 is 0 Å². The van der Waals surface area contributed by atoms with Gasteiger partial charge in [0.25, 0.3) is 5.91 Å². The lowest BCUT2D eigenvalue weighted by Gasteiger charge is -2.06. The van der Waals surface area contributed by atoms with Gasteiger partial charge in [-0.2, -0.15) is 0 Å². The molecule has 2 N–H and O–H groups in total.